The van der Waals surface area contributed by atoms with E-state index in [1.165, 1.54) is 12.1 Å². The Hall–Kier alpha value is -3.14. The Morgan fingerprint density at radius 2 is 1.72 bits per heavy atom. The molecule has 10 heteroatoms. The Morgan fingerprint density at radius 3 is 2.31 bits per heavy atom. The normalized spacial score (nSPS) is 13.6. The lowest BCUT2D eigenvalue weighted by atomic mass is 10.1. The molecule has 0 N–H and O–H groups in total. The summed E-state index contributed by atoms with van der Waals surface area (Å²) in [6, 6.07) is 9.54. The highest BCUT2D eigenvalue weighted by molar-refractivity contribution is 9.10. The number of nitrogens with zero attached hydrogens (tertiary/aromatic N) is 3. The van der Waals surface area contributed by atoms with Gasteiger partial charge in [-0.25, -0.2) is 4.79 Å². The lowest BCUT2D eigenvalue weighted by Gasteiger charge is -2.36. The second-order valence-electron chi connectivity index (χ2n) is 7.04. The first kappa shape index (κ1) is 23.5. The van der Waals surface area contributed by atoms with Crippen molar-refractivity contribution >= 4 is 39.2 Å². The minimum absolute atomic E-state index is 0.111. The van der Waals surface area contributed by atoms with Crippen LogP contribution in [0.3, 0.4) is 0 Å². The molecule has 1 aliphatic heterocycles. The van der Waals surface area contributed by atoms with Crippen molar-refractivity contribution in [3.8, 4) is 5.75 Å². The lowest BCUT2D eigenvalue weighted by molar-refractivity contribution is -0.384. The molecule has 0 atom stereocenters. The Labute approximate surface area is 194 Å². The first-order valence-corrected chi connectivity index (χ1v) is 11.1. The quantitative estimate of drug-likeness (QED) is 0.319. The molecule has 0 saturated carbocycles. The van der Waals surface area contributed by atoms with Crippen molar-refractivity contribution < 1.29 is 24.0 Å². The molecule has 1 amide bonds. The summed E-state index contributed by atoms with van der Waals surface area (Å²) in [4.78, 5) is 39.5. The summed E-state index contributed by atoms with van der Waals surface area (Å²) in [7, 11) is 0. The van der Waals surface area contributed by atoms with E-state index in [0.29, 0.717) is 54.3 Å². The Balaban J connectivity index is 1.71. The van der Waals surface area contributed by atoms with Crippen LogP contribution in [0.1, 0.15) is 34.6 Å². The molecule has 9 nitrogen and oxygen atoms in total. The van der Waals surface area contributed by atoms with Gasteiger partial charge in [-0.2, -0.15) is 0 Å². The molecular weight excluding hydrogens is 482 g/mol. The number of carbonyl (C=O) groups is 2. The maximum atomic E-state index is 12.9. The van der Waals surface area contributed by atoms with Crippen LogP contribution in [0.15, 0.2) is 40.9 Å². The van der Waals surface area contributed by atoms with Crippen LogP contribution in [0.5, 0.6) is 5.75 Å². The molecule has 0 bridgehead atoms. The molecule has 2 aromatic rings. The van der Waals surface area contributed by atoms with Gasteiger partial charge in [0.2, 0.25) is 0 Å². The van der Waals surface area contributed by atoms with Crippen LogP contribution in [0.2, 0.25) is 0 Å². The number of hydrogen-bond donors (Lipinski definition) is 0. The van der Waals surface area contributed by atoms with Crippen LogP contribution in [0, 0.1) is 10.1 Å². The zero-order valence-electron chi connectivity index (χ0n) is 17.9. The molecule has 0 spiro atoms. The van der Waals surface area contributed by atoms with Crippen LogP contribution >= 0.6 is 15.9 Å². The van der Waals surface area contributed by atoms with Gasteiger partial charge in [-0.05, 0) is 60.1 Å². The van der Waals surface area contributed by atoms with E-state index in [4.69, 9.17) is 9.47 Å². The summed E-state index contributed by atoms with van der Waals surface area (Å²) in [5.41, 5.74) is 0.931. The van der Waals surface area contributed by atoms with Crippen LogP contribution < -0.4 is 9.64 Å². The molecule has 2 aromatic carbocycles. The van der Waals surface area contributed by atoms with Gasteiger partial charge in [0.15, 0.2) is 0 Å². The van der Waals surface area contributed by atoms with Gasteiger partial charge in [0.25, 0.3) is 11.6 Å². The number of piperazine rings is 1. The van der Waals surface area contributed by atoms with Gasteiger partial charge in [-0.1, -0.05) is 0 Å². The highest BCUT2D eigenvalue weighted by atomic mass is 79.9. The van der Waals surface area contributed by atoms with Crippen molar-refractivity contribution in [1.82, 2.24) is 4.90 Å². The van der Waals surface area contributed by atoms with Gasteiger partial charge in [0, 0.05) is 37.8 Å². The van der Waals surface area contributed by atoms with E-state index in [-0.39, 0.29) is 23.8 Å². The van der Waals surface area contributed by atoms with E-state index in [9.17, 15) is 19.7 Å². The van der Waals surface area contributed by atoms with E-state index in [2.05, 4.69) is 15.9 Å². The smallest absolute Gasteiger partial charge is 0.338 e. The molecule has 32 heavy (non-hydrogen) atoms. The summed E-state index contributed by atoms with van der Waals surface area (Å²) >= 11 is 3.43. The average Bonchev–Trinajstić information content (AvgIpc) is 2.80. The van der Waals surface area contributed by atoms with Gasteiger partial charge < -0.3 is 19.3 Å². The monoisotopic (exact) mass is 505 g/mol. The third-order valence-corrected chi connectivity index (χ3v) is 5.69. The molecule has 0 radical (unpaired) electrons. The number of rotatable bonds is 7. The van der Waals surface area contributed by atoms with E-state index in [1.807, 2.05) is 11.8 Å². The standard InChI is InChI=1S/C22H24BrN3O6/c1-3-31-20-8-6-15(13-17(20)23)21(27)25-11-9-24(10-12-25)18-7-5-16(22(28)32-4-2)14-19(18)26(29)30/h5-8,13-14H,3-4,9-12H2,1-2H3. The predicted octanol–water partition coefficient (Wildman–Crippen LogP) is 3.90. The number of nitro groups is 1. The summed E-state index contributed by atoms with van der Waals surface area (Å²) in [5.74, 6) is -0.0351. The Morgan fingerprint density at radius 1 is 1.03 bits per heavy atom. The van der Waals surface area contributed by atoms with Crippen molar-refractivity contribution in [3.63, 3.8) is 0 Å². The largest absolute Gasteiger partial charge is 0.493 e. The Kier molecular flexibility index (Phi) is 7.68. The van der Waals surface area contributed by atoms with Gasteiger partial charge >= 0.3 is 5.97 Å². The molecule has 1 fully saturated rings. The number of ether oxygens (including phenoxy) is 2. The number of carbonyl (C=O) groups excluding carboxylic acids is 2. The first-order chi connectivity index (χ1) is 15.3. The van der Waals surface area contributed by atoms with Crippen molar-refractivity contribution in [2.75, 3.05) is 44.3 Å². The zero-order chi connectivity index (χ0) is 23.3. The number of amides is 1. The number of halogens is 1. The van der Waals surface area contributed by atoms with Crippen LogP contribution in [0.25, 0.3) is 0 Å². The average molecular weight is 506 g/mol. The summed E-state index contributed by atoms with van der Waals surface area (Å²) < 4.78 is 11.1. The number of benzene rings is 2. The summed E-state index contributed by atoms with van der Waals surface area (Å²) in [5, 5.41) is 11.6. The molecule has 1 aliphatic rings. The van der Waals surface area contributed by atoms with Crippen molar-refractivity contribution in [1.29, 1.82) is 0 Å². The first-order valence-electron chi connectivity index (χ1n) is 10.3. The zero-order valence-corrected chi connectivity index (χ0v) is 19.5. The molecule has 0 aromatic heterocycles. The van der Waals surface area contributed by atoms with E-state index in [1.54, 1.807) is 36.1 Å². The minimum Gasteiger partial charge on any atom is -0.493 e. The molecule has 0 unspecified atom stereocenters. The van der Waals surface area contributed by atoms with Crippen LogP contribution in [-0.2, 0) is 4.74 Å². The highest BCUT2D eigenvalue weighted by Gasteiger charge is 2.27. The second kappa shape index (κ2) is 10.4. The predicted molar refractivity (Wildman–Crippen MR) is 122 cm³/mol. The molecule has 3 rings (SSSR count). The van der Waals surface area contributed by atoms with Crippen LogP contribution in [0.4, 0.5) is 11.4 Å². The minimum atomic E-state index is -0.598. The third-order valence-electron chi connectivity index (χ3n) is 5.07. The number of anilines is 1. The lowest BCUT2D eigenvalue weighted by Crippen LogP contribution is -2.49. The van der Waals surface area contributed by atoms with Gasteiger partial charge in [0.1, 0.15) is 11.4 Å². The molecule has 1 heterocycles. The second-order valence-corrected chi connectivity index (χ2v) is 7.89. The molecular formula is C22H24BrN3O6. The maximum Gasteiger partial charge on any atom is 0.338 e. The molecule has 1 saturated heterocycles. The fourth-order valence-electron chi connectivity index (χ4n) is 3.52. The molecule has 170 valence electrons. The van der Waals surface area contributed by atoms with E-state index < -0.39 is 10.9 Å². The SMILES string of the molecule is CCOC(=O)c1ccc(N2CCN(C(=O)c3ccc(OCC)c(Br)c3)CC2)c([N+](=O)[O-])c1. The fraction of sp³-hybridized carbons (Fsp3) is 0.364. The fourth-order valence-corrected chi connectivity index (χ4v) is 4.01. The highest BCUT2D eigenvalue weighted by Crippen LogP contribution is 2.31. The number of nitro benzene ring substituents is 1. The van der Waals surface area contributed by atoms with E-state index >= 15 is 0 Å². The van der Waals surface area contributed by atoms with Gasteiger partial charge in [0.05, 0.1) is 28.2 Å². The van der Waals surface area contributed by atoms with Crippen molar-refractivity contribution in [2.24, 2.45) is 0 Å². The van der Waals surface area contributed by atoms with Crippen LogP contribution in [-0.4, -0.2) is 61.1 Å². The van der Waals surface area contributed by atoms with Crippen molar-refractivity contribution in [2.45, 2.75) is 13.8 Å². The van der Waals surface area contributed by atoms with Gasteiger partial charge in [-0.3, -0.25) is 14.9 Å². The van der Waals surface area contributed by atoms with E-state index in [0.717, 1.165) is 0 Å². The van der Waals surface area contributed by atoms with Crippen molar-refractivity contribution in [3.05, 3.63) is 62.1 Å². The third kappa shape index (κ3) is 5.18. The molecule has 0 aliphatic carbocycles. The number of hydrogen-bond acceptors (Lipinski definition) is 7. The van der Waals surface area contributed by atoms with Gasteiger partial charge in [-0.15, -0.1) is 0 Å². The topological polar surface area (TPSA) is 102 Å². The number of esters is 1. The summed E-state index contributed by atoms with van der Waals surface area (Å²) in [6.45, 7) is 5.98. The summed E-state index contributed by atoms with van der Waals surface area (Å²) in [6.07, 6.45) is 0. The maximum absolute atomic E-state index is 12.9. The Bertz CT molecular complexity index is 1020.